The lowest BCUT2D eigenvalue weighted by Crippen LogP contribution is -2.16. The summed E-state index contributed by atoms with van der Waals surface area (Å²) >= 11 is 0. The molecule has 7 nitrogen and oxygen atoms in total. The molecule has 0 bridgehead atoms. The van der Waals surface area contributed by atoms with E-state index in [1.165, 1.54) is 5.56 Å². The molecular formula is C27H22N4O3. The summed E-state index contributed by atoms with van der Waals surface area (Å²) in [5.74, 6) is 1.42. The minimum absolute atomic E-state index is 0.159. The summed E-state index contributed by atoms with van der Waals surface area (Å²) in [5.41, 5.74) is 5.84. The third-order valence-corrected chi connectivity index (χ3v) is 5.95. The van der Waals surface area contributed by atoms with E-state index in [1.54, 1.807) is 4.68 Å². The van der Waals surface area contributed by atoms with Crippen LogP contribution in [0.1, 0.15) is 11.1 Å². The van der Waals surface area contributed by atoms with Crippen molar-refractivity contribution in [3.63, 3.8) is 0 Å². The van der Waals surface area contributed by atoms with E-state index >= 15 is 0 Å². The Bertz CT molecular complexity index is 1550. The molecule has 2 N–H and O–H groups in total. The minimum atomic E-state index is -0.159. The Morgan fingerprint density at radius 1 is 0.971 bits per heavy atom. The van der Waals surface area contributed by atoms with Gasteiger partial charge in [-0.2, -0.15) is 5.10 Å². The smallest absolute Gasteiger partial charge is 0.254 e. The van der Waals surface area contributed by atoms with Gasteiger partial charge in [0.2, 0.25) is 6.79 Å². The Labute approximate surface area is 195 Å². The number of aryl methyl sites for hydroxylation is 1. The fourth-order valence-corrected chi connectivity index (χ4v) is 4.13. The highest BCUT2D eigenvalue weighted by molar-refractivity contribution is 5.92. The first-order valence-electron chi connectivity index (χ1n) is 11.1. The largest absolute Gasteiger partial charge is 0.454 e. The molecule has 0 aliphatic carbocycles. The maximum Gasteiger partial charge on any atom is 0.254 e. The molecule has 0 unspecified atom stereocenters. The van der Waals surface area contributed by atoms with Gasteiger partial charge in [0, 0.05) is 34.8 Å². The maximum atomic E-state index is 13.0. The van der Waals surface area contributed by atoms with Crippen molar-refractivity contribution >= 4 is 16.7 Å². The monoisotopic (exact) mass is 450 g/mol. The Kier molecular flexibility index (Phi) is 4.80. The van der Waals surface area contributed by atoms with Crippen LogP contribution in [0, 0.1) is 6.92 Å². The molecule has 5 aromatic rings. The Hall–Kier alpha value is -4.52. The first-order chi connectivity index (χ1) is 16.7. The van der Waals surface area contributed by atoms with Crippen LogP contribution in [0.5, 0.6) is 11.5 Å². The lowest BCUT2D eigenvalue weighted by molar-refractivity contribution is 0.174. The van der Waals surface area contributed by atoms with Gasteiger partial charge >= 0.3 is 0 Å². The van der Waals surface area contributed by atoms with Gasteiger partial charge in [0.05, 0.1) is 5.69 Å². The van der Waals surface area contributed by atoms with E-state index in [2.05, 4.69) is 41.5 Å². The molecule has 0 atom stereocenters. The number of ether oxygens (including phenoxy) is 2. The van der Waals surface area contributed by atoms with Gasteiger partial charge in [0.1, 0.15) is 11.3 Å². The highest BCUT2D eigenvalue weighted by atomic mass is 16.7. The number of H-pyrrole nitrogens is 1. The summed E-state index contributed by atoms with van der Waals surface area (Å²) in [6.07, 6.45) is 0. The minimum Gasteiger partial charge on any atom is -0.454 e. The van der Waals surface area contributed by atoms with Gasteiger partial charge < -0.3 is 19.8 Å². The standard InChI is InChI=1S/C27H22N4O3/c1-17-7-9-18(10-8-17)25-22-13-19(15-28-20-11-12-23-24(14-20)34-16-33-23)27(32)29-26(22)31(30-25)21-5-3-2-4-6-21/h2-14,28H,15-16H2,1H3,(H,29,32). The molecule has 0 saturated carbocycles. The molecular weight excluding hydrogens is 428 g/mol. The zero-order chi connectivity index (χ0) is 23.1. The molecule has 2 aromatic heterocycles. The van der Waals surface area contributed by atoms with Crippen LogP contribution >= 0.6 is 0 Å². The van der Waals surface area contributed by atoms with Crippen molar-refractivity contribution < 1.29 is 9.47 Å². The molecule has 0 amide bonds. The first kappa shape index (κ1) is 20.1. The number of nitrogens with zero attached hydrogens (tertiary/aromatic N) is 2. The lowest BCUT2D eigenvalue weighted by atomic mass is 10.1. The van der Waals surface area contributed by atoms with Crippen LogP contribution in [0.3, 0.4) is 0 Å². The molecule has 6 rings (SSSR count). The summed E-state index contributed by atoms with van der Waals surface area (Å²) in [5, 5.41) is 9.10. The van der Waals surface area contributed by atoms with E-state index in [1.807, 2.05) is 54.6 Å². The first-order valence-corrected chi connectivity index (χ1v) is 11.1. The second-order valence-electron chi connectivity index (χ2n) is 8.27. The van der Waals surface area contributed by atoms with Crippen molar-refractivity contribution in [1.82, 2.24) is 14.8 Å². The van der Waals surface area contributed by atoms with E-state index in [0.717, 1.165) is 33.8 Å². The Morgan fingerprint density at radius 3 is 2.59 bits per heavy atom. The fraction of sp³-hybridized carbons (Fsp3) is 0.111. The molecule has 0 fully saturated rings. The van der Waals surface area contributed by atoms with Gasteiger partial charge in [-0.3, -0.25) is 4.79 Å². The van der Waals surface area contributed by atoms with Gasteiger partial charge in [-0.1, -0.05) is 48.0 Å². The van der Waals surface area contributed by atoms with Gasteiger partial charge in [-0.15, -0.1) is 0 Å². The van der Waals surface area contributed by atoms with Gasteiger partial charge in [-0.05, 0) is 37.3 Å². The van der Waals surface area contributed by atoms with Crippen molar-refractivity contribution in [2.24, 2.45) is 0 Å². The zero-order valence-corrected chi connectivity index (χ0v) is 18.5. The molecule has 34 heavy (non-hydrogen) atoms. The molecule has 0 spiro atoms. The van der Waals surface area contributed by atoms with Crippen LogP contribution in [0.2, 0.25) is 0 Å². The number of benzene rings is 3. The molecule has 7 heteroatoms. The van der Waals surface area contributed by atoms with E-state index in [4.69, 9.17) is 14.6 Å². The number of aromatic nitrogens is 3. The topological polar surface area (TPSA) is 81.2 Å². The van der Waals surface area contributed by atoms with E-state index in [0.29, 0.717) is 23.5 Å². The van der Waals surface area contributed by atoms with E-state index in [9.17, 15) is 4.79 Å². The van der Waals surface area contributed by atoms with Gasteiger partial charge in [0.15, 0.2) is 11.5 Å². The number of rotatable bonds is 5. The van der Waals surface area contributed by atoms with E-state index in [-0.39, 0.29) is 12.4 Å². The molecule has 3 aromatic carbocycles. The van der Waals surface area contributed by atoms with Crippen molar-refractivity contribution in [3.8, 4) is 28.4 Å². The molecule has 0 radical (unpaired) electrons. The Balaban J connectivity index is 1.43. The number of nitrogens with one attached hydrogen (secondary N) is 2. The third-order valence-electron chi connectivity index (χ3n) is 5.95. The number of anilines is 1. The number of para-hydroxylation sites is 1. The van der Waals surface area contributed by atoms with Crippen LogP contribution in [0.4, 0.5) is 5.69 Å². The number of aromatic amines is 1. The third kappa shape index (κ3) is 3.57. The van der Waals surface area contributed by atoms with Crippen molar-refractivity contribution in [2.75, 3.05) is 12.1 Å². The van der Waals surface area contributed by atoms with Crippen LogP contribution in [-0.2, 0) is 6.54 Å². The van der Waals surface area contributed by atoms with Crippen LogP contribution in [0.25, 0.3) is 28.0 Å². The maximum absolute atomic E-state index is 13.0. The number of pyridine rings is 1. The summed E-state index contributed by atoms with van der Waals surface area (Å²) in [6.45, 7) is 2.64. The summed E-state index contributed by atoms with van der Waals surface area (Å²) in [6, 6.07) is 25.6. The molecule has 168 valence electrons. The average Bonchev–Trinajstić information content (AvgIpc) is 3.48. The number of fused-ring (bicyclic) bond motifs is 2. The normalized spacial score (nSPS) is 12.3. The molecule has 0 saturated heterocycles. The SMILES string of the molecule is Cc1ccc(-c2nn(-c3ccccc3)c3[nH]c(=O)c(CNc4ccc5c(c4)OCO5)cc23)cc1. The number of hydrogen-bond donors (Lipinski definition) is 2. The molecule has 1 aliphatic rings. The summed E-state index contributed by atoms with van der Waals surface area (Å²) < 4.78 is 12.6. The number of hydrogen-bond acceptors (Lipinski definition) is 5. The zero-order valence-electron chi connectivity index (χ0n) is 18.5. The van der Waals surface area contributed by atoms with Crippen LogP contribution in [-0.4, -0.2) is 21.6 Å². The highest BCUT2D eigenvalue weighted by Gasteiger charge is 2.17. The highest BCUT2D eigenvalue weighted by Crippen LogP contribution is 2.34. The second-order valence-corrected chi connectivity index (χ2v) is 8.27. The Morgan fingerprint density at radius 2 is 1.76 bits per heavy atom. The second kappa shape index (κ2) is 8.12. The van der Waals surface area contributed by atoms with Crippen LogP contribution in [0.15, 0.2) is 83.7 Å². The van der Waals surface area contributed by atoms with Gasteiger partial charge in [0.25, 0.3) is 5.56 Å². The van der Waals surface area contributed by atoms with E-state index < -0.39 is 0 Å². The predicted octanol–water partition coefficient (Wildman–Crippen LogP) is 5.03. The van der Waals surface area contributed by atoms with Crippen LogP contribution < -0.4 is 20.3 Å². The van der Waals surface area contributed by atoms with Crippen molar-refractivity contribution in [2.45, 2.75) is 13.5 Å². The quantitative estimate of drug-likeness (QED) is 0.393. The van der Waals surface area contributed by atoms with Crippen molar-refractivity contribution in [1.29, 1.82) is 0 Å². The van der Waals surface area contributed by atoms with Gasteiger partial charge in [-0.25, -0.2) is 4.68 Å². The van der Waals surface area contributed by atoms with Crippen molar-refractivity contribution in [3.05, 3.63) is 100 Å². The molecule has 3 heterocycles. The summed E-state index contributed by atoms with van der Waals surface area (Å²) in [7, 11) is 0. The average molecular weight is 450 g/mol. The molecule has 1 aliphatic heterocycles. The fourth-order valence-electron chi connectivity index (χ4n) is 4.13. The predicted molar refractivity (Wildman–Crippen MR) is 132 cm³/mol. The lowest BCUT2D eigenvalue weighted by Gasteiger charge is -2.08. The summed E-state index contributed by atoms with van der Waals surface area (Å²) in [4.78, 5) is 16.1.